The van der Waals surface area contributed by atoms with E-state index in [2.05, 4.69) is 6.07 Å². The molecule has 0 bridgehead atoms. The average Bonchev–Trinajstić information content (AvgIpc) is 2.79. The molecule has 0 radical (unpaired) electrons. The van der Waals surface area contributed by atoms with E-state index in [1.165, 1.54) is 0 Å². The molecule has 1 aliphatic heterocycles. The van der Waals surface area contributed by atoms with Gasteiger partial charge in [0.25, 0.3) is 0 Å². The molecule has 0 amide bonds. The Kier molecular flexibility index (Phi) is 5.82. The van der Waals surface area contributed by atoms with E-state index in [4.69, 9.17) is 19.9 Å². The summed E-state index contributed by atoms with van der Waals surface area (Å²) in [5, 5.41) is 9.68. The summed E-state index contributed by atoms with van der Waals surface area (Å²) < 4.78 is 16.6. The van der Waals surface area contributed by atoms with Crippen molar-refractivity contribution in [3.05, 3.63) is 100 Å². The molecular formula is C26H22N2O4. The van der Waals surface area contributed by atoms with Gasteiger partial charge in [-0.2, -0.15) is 5.26 Å². The van der Waals surface area contributed by atoms with E-state index < -0.39 is 5.97 Å². The number of nitriles is 1. The Hall–Kier alpha value is -4.24. The van der Waals surface area contributed by atoms with Crippen LogP contribution in [0.2, 0.25) is 0 Å². The molecule has 1 unspecified atom stereocenters. The molecule has 0 spiro atoms. The van der Waals surface area contributed by atoms with Crippen LogP contribution < -0.4 is 19.9 Å². The lowest BCUT2D eigenvalue weighted by Gasteiger charge is -2.26. The molecule has 0 fully saturated rings. The van der Waals surface area contributed by atoms with Gasteiger partial charge in [0.1, 0.15) is 28.9 Å². The first-order chi connectivity index (χ1) is 15.5. The minimum Gasteiger partial charge on any atom is -0.494 e. The summed E-state index contributed by atoms with van der Waals surface area (Å²) in [5.74, 6) is 0.632. The van der Waals surface area contributed by atoms with Gasteiger partial charge in [-0.1, -0.05) is 35.9 Å². The number of allylic oxidation sites excluding steroid dienone is 1. The second kappa shape index (κ2) is 8.86. The summed E-state index contributed by atoms with van der Waals surface area (Å²) >= 11 is 0. The number of benzene rings is 3. The lowest BCUT2D eigenvalue weighted by atomic mass is 9.83. The van der Waals surface area contributed by atoms with Gasteiger partial charge in [-0.25, -0.2) is 4.79 Å². The predicted octanol–water partition coefficient (Wildman–Crippen LogP) is 4.83. The minimum absolute atomic E-state index is 0.0422. The van der Waals surface area contributed by atoms with Gasteiger partial charge >= 0.3 is 5.97 Å². The van der Waals surface area contributed by atoms with Gasteiger partial charge in [-0.05, 0) is 49.7 Å². The first-order valence-electron chi connectivity index (χ1n) is 10.2. The number of hydrogen-bond acceptors (Lipinski definition) is 6. The summed E-state index contributed by atoms with van der Waals surface area (Å²) in [7, 11) is 0. The van der Waals surface area contributed by atoms with E-state index >= 15 is 0 Å². The van der Waals surface area contributed by atoms with E-state index in [0.29, 0.717) is 35.0 Å². The number of carbonyl (C=O) groups excluding carboxylic acids is 1. The van der Waals surface area contributed by atoms with Crippen LogP contribution in [0.15, 0.2) is 78.2 Å². The number of esters is 1. The van der Waals surface area contributed by atoms with Crippen molar-refractivity contribution in [3.63, 3.8) is 0 Å². The van der Waals surface area contributed by atoms with Crippen molar-refractivity contribution >= 4 is 5.97 Å². The van der Waals surface area contributed by atoms with Crippen molar-refractivity contribution < 1.29 is 19.0 Å². The topological polar surface area (TPSA) is 94.6 Å². The van der Waals surface area contributed by atoms with Gasteiger partial charge < -0.3 is 19.9 Å². The number of nitrogens with zero attached hydrogens (tertiary/aromatic N) is 1. The van der Waals surface area contributed by atoms with Crippen molar-refractivity contribution in [1.82, 2.24) is 0 Å². The zero-order chi connectivity index (χ0) is 22.7. The lowest BCUT2D eigenvalue weighted by molar-refractivity contribution is 0.0734. The van der Waals surface area contributed by atoms with Gasteiger partial charge in [0.15, 0.2) is 0 Å². The van der Waals surface area contributed by atoms with Crippen molar-refractivity contribution in [2.45, 2.75) is 19.8 Å². The summed E-state index contributed by atoms with van der Waals surface area (Å²) in [6, 6.07) is 21.9. The van der Waals surface area contributed by atoms with Gasteiger partial charge in [-0.15, -0.1) is 0 Å². The Balaban J connectivity index is 1.62. The normalized spacial score (nSPS) is 14.7. The van der Waals surface area contributed by atoms with Gasteiger partial charge in [0.05, 0.1) is 18.1 Å². The van der Waals surface area contributed by atoms with Crippen LogP contribution in [0.1, 0.15) is 39.9 Å². The van der Waals surface area contributed by atoms with Gasteiger partial charge in [-0.3, -0.25) is 0 Å². The molecule has 3 aromatic carbocycles. The molecule has 160 valence electrons. The molecule has 3 aromatic rings. The molecule has 2 N–H and O–H groups in total. The van der Waals surface area contributed by atoms with Crippen molar-refractivity contribution in [1.29, 1.82) is 5.26 Å². The smallest absolute Gasteiger partial charge is 0.343 e. The number of hydrogen-bond donors (Lipinski definition) is 1. The molecule has 1 atom stereocenters. The average molecular weight is 426 g/mol. The maximum absolute atomic E-state index is 12.6. The summed E-state index contributed by atoms with van der Waals surface area (Å²) in [5.41, 5.74) is 9.63. The molecule has 0 aliphatic carbocycles. The quantitative estimate of drug-likeness (QED) is 0.464. The number of rotatable bonds is 5. The van der Waals surface area contributed by atoms with Gasteiger partial charge in [0.2, 0.25) is 5.88 Å². The summed E-state index contributed by atoms with van der Waals surface area (Å²) in [6.45, 7) is 4.45. The highest BCUT2D eigenvalue weighted by molar-refractivity contribution is 5.91. The van der Waals surface area contributed by atoms with Gasteiger partial charge in [0, 0.05) is 11.6 Å². The monoisotopic (exact) mass is 426 g/mol. The van der Waals surface area contributed by atoms with Crippen LogP contribution in [-0.4, -0.2) is 12.6 Å². The largest absolute Gasteiger partial charge is 0.494 e. The molecule has 6 nitrogen and oxygen atoms in total. The van der Waals surface area contributed by atoms with Crippen molar-refractivity contribution in [2.75, 3.05) is 6.61 Å². The summed E-state index contributed by atoms with van der Waals surface area (Å²) in [6.07, 6.45) is 0. The Bertz CT molecular complexity index is 1220. The fraction of sp³-hybridized carbons (Fsp3) is 0.154. The van der Waals surface area contributed by atoms with E-state index in [0.717, 1.165) is 16.7 Å². The third kappa shape index (κ3) is 4.14. The minimum atomic E-state index is -0.500. The van der Waals surface area contributed by atoms with Crippen LogP contribution in [0.5, 0.6) is 17.2 Å². The van der Waals surface area contributed by atoms with E-state index in [-0.39, 0.29) is 11.8 Å². The molecule has 32 heavy (non-hydrogen) atoms. The van der Waals surface area contributed by atoms with Crippen molar-refractivity contribution in [2.24, 2.45) is 5.73 Å². The zero-order valence-electron chi connectivity index (χ0n) is 17.8. The maximum atomic E-state index is 12.6. The first-order valence-corrected chi connectivity index (χ1v) is 10.2. The standard InChI is InChI=1S/C26H22N2O4/c1-3-30-19-10-8-18(9-11-19)26(29)31-20-12-13-21-23(14-20)32-25(28)22(15-27)24(21)17-6-4-16(2)5-7-17/h4-14,24H,3,28H2,1-2H3. The molecule has 6 heteroatoms. The Morgan fingerprint density at radius 1 is 1.06 bits per heavy atom. The fourth-order valence-corrected chi connectivity index (χ4v) is 3.62. The first kappa shape index (κ1) is 21.0. The second-order valence-electron chi connectivity index (χ2n) is 7.38. The molecule has 0 saturated carbocycles. The van der Waals surface area contributed by atoms with Crippen LogP contribution in [0.3, 0.4) is 0 Å². The van der Waals surface area contributed by atoms with E-state index in [1.54, 1.807) is 42.5 Å². The number of carbonyl (C=O) groups is 1. The third-order valence-corrected chi connectivity index (χ3v) is 5.21. The van der Waals surface area contributed by atoms with Crippen molar-refractivity contribution in [3.8, 4) is 23.3 Å². The Labute approximate surface area is 186 Å². The molecule has 1 heterocycles. The van der Waals surface area contributed by atoms with Crippen LogP contribution in [0.25, 0.3) is 0 Å². The third-order valence-electron chi connectivity index (χ3n) is 5.21. The van der Waals surface area contributed by atoms with Crippen LogP contribution >= 0.6 is 0 Å². The van der Waals surface area contributed by atoms with E-state index in [9.17, 15) is 10.1 Å². The molecule has 4 rings (SSSR count). The zero-order valence-corrected chi connectivity index (χ0v) is 17.8. The predicted molar refractivity (Wildman–Crippen MR) is 119 cm³/mol. The van der Waals surface area contributed by atoms with Crippen LogP contribution in [0.4, 0.5) is 0 Å². The SMILES string of the molecule is CCOc1ccc(C(=O)Oc2ccc3c(c2)OC(N)=C(C#N)C3c2ccc(C)cc2)cc1. The lowest BCUT2D eigenvalue weighted by Crippen LogP contribution is -2.21. The summed E-state index contributed by atoms with van der Waals surface area (Å²) in [4.78, 5) is 12.6. The number of nitrogens with two attached hydrogens (primary N) is 1. The fourth-order valence-electron chi connectivity index (χ4n) is 3.62. The highest BCUT2D eigenvalue weighted by Gasteiger charge is 2.31. The van der Waals surface area contributed by atoms with Crippen LogP contribution in [-0.2, 0) is 0 Å². The highest BCUT2D eigenvalue weighted by atomic mass is 16.5. The number of ether oxygens (including phenoxy) is 3. The molecule has 1 aliphatic rings. The Morgan fingerprint density at radius 3 is 2.41 bits per heavy atom. The van der Waals surface area contributed by atoms with Crippen LogP contribution in [0, 0.1) is 18.3 Å². The maximum Gasteiger partial charge on any atom is 0.343 e. The number of fused-ring (bicyclic) bond motifs is 1. The molecule has 0 aromatic heterocycles. The highest BCUT2D eigenvalue weighted by Crippen LogP contribution is 2.43. The number of aryl methyl sites for hydroxylation is 1. The second-order valence-corrected chi connectivity index (χ2v) is 7.38. The Morgan fingerprint density at radius 2 is 1.75 bits per heavy atom. The molecular weight excluding hydrogens is 404 g/mol. The van der Waals surface area contributed by atoms with E-state index in [1.807, 2.05) is 38.1 Å². The molecule has 0 saturated heterocycles.